The number of hydrogen-bond donors (Lipinski definition) is 3. The molecule has 1 rings (SSSR count). The fourth-order valence-electron chi connectivity index (χ4n) is 1.38. The maximum absolute atomic E-state index is 11.7. The van der Waals surface area contributed by atoms with Gasteiger partial charge in [0.05, 0.1) is 6.26 Å². The molecule has 0 aliphatic carbocycles. The molecule has 2 amide bonds. The lowest BCUT2D eigenvalue weighted by atomic mass is 10.2. The summed E-state index contributed by atoms with van der Waals surface area (Å²) in [7, 11) is 0. The SMILES string of the molecule is CC[C@@H](NC(=O)C(C)NC(=O)c1ccco1)C(=O)O. The molecule has 0 saturated heterocycles. The van der Waals surface area contributed by atoms with Gasteiger partial charge < -0.3 is 20.2 Å². The molecular formula is C12H16N2O5. The highest BCUT2D eigenvalue weighted by molar-refractivity contribution is 5.96. The minimum Gasteiger partial charge on any atom is -0.480 e. The minimum absolute atomic E-state index is 0.0879. The smallest absolute Gasteiger partial charge is 0.326 e. The van der Waals surface area contributed by atoms with Gasteiger partial charge in [0.2, 0.25) is 5.91 Å². The molecule has 0 radical (unpaired) electrons. The highest BCUT2D eigenvalue weighted by atomic mass is 16.4. The molecule has 0 aliphatic heterocycles. The van der Waals surface area contributed by atoms with Crippen LogP contribution >= 0.6 is 0 Å². The van der Waals surface area contributed by atoms with Crippen LogP contribution in [-0.4, -0.2) is 35.0 Å². The van der Waals surface area contributed by atoms with E-state index in [9.17, 15) is 14.4 Å². The van der Waals surface area contributed by atoms with Gasteiger partial charge in [-0.1, -0.05) is 6.92 Å². The summed E-state index contributed by atoms with van der Waals surface area (Å²) in [4.78, 5) is 34.1. The molecule has 7 heteroatoms. The Morgan fingerprint density at radius 1 is 1.37 bits per heavy atom. The van der Waals surface area contributed by atoms with Crippen molar-refractivity contribution in [1.82, 2.24) is 10.6 Å². The number of furan rings is 1. The first-order valence-corrected chi connectivity index (χ1v) is 5.83. The maximum atomic E-state index is 11.7. The van der Waals surface area contributed by atoms with Gasteiger partial charge in [0.25, 0.3) is 5.91 Å². The second kappa shape index (κ2) is 6.58. The van der Waals surface area contributed by atoms with Gasteiger partial charge in [-0.05, 0) is 25.5 Å². The first kappa shape index (κ1) is 14.7. The van der Waals surface area contributed by atoms with Crippen LogP contribution in [0.1, 0.15) is 30.8 Å². The van der Waals surface area contributed by atoms with E-state index in [-0.39, 0.29) is 12.2 Å². The number of amides is 2. The van der Waals surface area contributed by atoms with E-state index in [2.05, 4.69) is 10.6 Å². The van der Waals surface area contributed by atoms with Crippen molar-refractivity contribution in [1.29, 1.82) is 0 Å². The second-order valence-corrected chi connectivity index (χ2v) is 3.98. The van der Waals surface area contributed by atoms with Gasteiger partial charge >= 0.3 is 5.97 Å². The van der Waals surface area contributed by atoms with Crippen LogP contribution in [0.4, 0.5) is 0 Å². The normalized spacial score (nSPS) is 13.4. The number of carboxylic acids is 1. The predicted molar refractivity (Wildman–Crippen MR) is 65.5 cm³/mol. The van der Waals surface area contributed by atoms with Crippen molar-refractivity contribution in [3.63, 3.8) is 0 Å². The van der Waals surface area contributed by atoms with Crippen molar-refractivity contribution in [2.75, 3.05) is 0 Å². The van der Waals surface area contributed by atoms with E-state index in [1.807, 2.05) is 0 Å². The summed E-state index contributed by atoms with van der Waals surface area (Å²) in [5, 5.41) is 13.6. The third-order valence-corrected chi connectivity index (χ3v) is 2.51. The highest BCUT2D eigenvalue weighted by Gasteiger charge is 2.23. The standard InChI is InChI=1S/C12H16N2O5/c1-3-8(12(17)18)14-10(15)7(2)13-11(16)9-5-4-6-19-9/h4-8H,3H2,1-2H3,(H,13,16)(H,14,15)(H,17,18)/t7?,8-/m1/s1. The van der Waals surface area contributed by atoms with Gasteiger partial charge in [-0.2, -0.15) is 0 Å². The van der Waals surface area contributed by atoms with E-state index >= 15 is 0 Å². The first-order chi connectivity index (χ1) is 8.95. The van der Waals surface area contributed by atoms with Crippen molar-refractivity contribution in [3.8, 4) is 0 Å². The van der Waals surface area contributed by atoms with Gasteiger partial charge in [0.15, 0.2) is 5.76 Å². The average Bonchev–Trinajstić information content (AvgIpc) is 2.88. The second-order valence-electron chi connectivity index (χ2n) is 3.98. The van der Waals surface area contributed by atoms with Crippen LogP contribution in [0, 0.1) is 0 Å². The Bertz CT molecular complexity index is 455. The molecule has 104 valence electrons. The predicted octanol–water partition coefficient (Wildman–Crippen LogP) is 0.377. The molecule has 7 nitrogen and oxygen atoms in total. The number of rotatable bonds is 6. The van der Waals surface area contributed by atoms with Crippen LogP contribution in [-0.2, 0) is 9.59 Å². The zero-order valence-corrected chi connectivity index (χ0v) is 10.7. The Kier molecular flexibility index (Phi) is 5.11. The van der Waals surface area contributed by atoms with Gasteiger partial charge in [0.1, 0.15) is 12.1 Å². The quantitative estimate of drug-likeness (QED) is 0.691. The number of aliphatic carboxylic acids is 1. The zero-order valence-electron chi connectivity index (χ0n) is 10.7. The molecule has 1 heterocycles. The summed E-state index contributed by atoms with van der Waals surface area (Å²) in [6.45, 7) is 3.11. The van der Waals surface area contributed by atoms with Gasteiger partial charge in [-0.15, -0.1) is 0 Å². The summed E-state index contributed by atoms with van der Waals surface area (Å²) < 4.78 is 4.88. The molecule has 0 bridgehead atoms. The summed E-state index contributed by atoms with van der Waals surface area (Å²) in [6.07, 6.45) is 1.61. The van der Waals surface area contributed by atoms with Crippen molar-refractivity contribution >= 4 is 17.8 Å². The topological polar surface area (TPSA) is 109 Å². The van der Waals surface area contributed by atoms with Crippen molar-refractivity contribution in [2.24, 2.45) is 0 Å². The monoisotopic (exact) mass is 268 g/mol. The highest BCUT2D eigenvalue weighted by Crippen LogP contribution is 2.00. The lowest BCUT2D eigenvalue weighted by Gasteiger charge is -2.17. The first-order valence-electron chi connectivity index (χ1n) is 5.83. The molecule has 2 atom stereocenters. The Morgan fingerprint density at radius 3 is 2.53 bits per heavy atom. The molecule has 19 heavy (non-hydrogen) atoms. The Balaban J connectivity index is 2.53. The number of carbonyl (C=O) groups is 3. The van der Waals surface area contributed by atoms with Gasteiger partial charge in [0, 0.05) is 0 Å². The average molecular weight is 268 g/mol. The summed E-state index contributed by atoms with van der Waals surface area (Å²) in [6, 6.07) is 1.20. The van der Waals surface area contributed by atoms with Crippen LogP contribution in [0.3, 0.4) is 0 Å². The lowest BCUT2D eigenvalue weighted by Crippen LogP contribution is -2.50. The third kappa shape index (κ3) is 4.13. The van der Waals surface area contributed by atoms with Crippen LogP contribution in [0.15, 0.2) is 22.8 Å². The number of carboxylic acid groups (broad SMARTS) is 1. The van der Waals surface area contributed by atoms with E-state index < -0.39 is 29.9 Å². The Hall–Kier alpha value is -2.31. The number of hydrogen-bond acceptors (Lipinski definition) is 4. The van der Waals surface area contributed by atoms with Gasteiger partial charge in [-0.3, -0.25) is 9.59 Å². The molecular weight excluding hydrogens is 252 g/mol. The lowest BCUT2D eigenvalue weighted by molar-refractivity contribution is -0.142. The fourth-order valence-corrected chi connectivity index (χ4v) is 1.38. The minimum atomic E-state index is -1.11. The summed E-state index contributed by atoms with van der Waals surface area (Å²) in [5.41, 5.74) is 0. The van der Waals surface area contributed by atoms with Crippen LogP contribution in [0.5, 0.6) is 0 Å². The number of carbonyl (C=O) groups excluding carboxylic acids is 2. The molecule has 0 spiro atoms. The molecule has 0 fully saturated rings. The van der Waals surface area contributed by atoms with Gasteiger partial charge in [-0.25, -0.2) is 4.79 Å². The third-order valence-electron chi connectivity index (χ3n) is 2.51. The molecule has 3 N–H and O–H groups in total. The molecule has 0 saturated carbocycles. The fraction of sp³-hybridized carbons (Fsp3) is 0.417. The van der Waals surface area contributed by atoms with E-state index in [1.54, 1.807) is 13.0 Å². The Morgan fingerprint density at radius 2 is 2.05 bits per heavy atom. The van der Waals surface area contributed by atoms with Crippen molar-refractivity contribution in [2.45, 2.75) is 32.4 Å². The van der Waals surface area contributed by atoms with E-state index in [1.165, 1.54) is 19.3 Å². The van der Waals surface area contributed by atoms with Crippen LogP contribution in [0.2, 0.25) is 0 Å². The molecule has 1 aromatic heterocycles. The molecule has 1 unspecified atom stereocenters. The van der Waals surface area contributed by atoms with E-state index in [0.717, 1.165) is 0 Å². The molecule has 0 aromatic carbocycles. The maximum Gasteiger partial charge on any atom is 0.326 e. The summed E-state index contributed by atoms with van der Waals surface area (Å²) in [5.74, 6) is -2.12. The number of nitrogens with one attached hydrogen (secondary N) is 2. The zero-order chi connectivity index (χ0) is 14.4. The van der Waals surface area contributed by atoms with Crippen LogP contribution in [0.25, 0.3) is 0 Å². The largest absolute Gasteiger partial charge is 0.480 e. The Labute approximate surface area is 110 Å². The molecule has 1 aromatic rings. The van der Waals surface area contributed by atoms with E-state index in [4.69, 9.17) is 9.52 Å². The molecule has 0 aliphatic rings. The van der Waals surface area contributed by atoms with Crippen molar-refractivity contribution < 1.29 is 23.9 Å². The van der Waals surface area contributed by atoms with Crippen LogP contribution < -0.4 is 10.6 Å². The summed E-state index contributed by atoms with van der Waals surface area (Å²) >= 11 is 0. The van der Waals surface area contributed by atoms with Crippen molar-refractivity contribution in [3.05, 3.63) is 24.2 Å². The van der Waals surface area contributed by atoms with E-state index in [0.29, 0.717) is 0 Å².